The number of carbonyl (C=O) groups excluding carboxylic acids is 1. The Labute approximate surface area is 124 Å². The highest BCUT2D eigenvalue weighted by Gasteiger charge is 2.38. The fourth-order valence-corrected chi connectivity index (χ4v) is 2.31. The number of hydrogen-bond donors (Lipinski definition) is 1. The molecule has 1 aliphatic rings. The van der Waals surface area contributed by atoms with Gasteiger partial charge in [0, 0.05) is 19.2 Å². The average molecular weight is 291 g/mol. The molecule has 0 aromatic carbocycles. The Morgan fingerprint density at radius 1 is 1.57 bits per heavy atom. The molecule has 0 radical (unpaired) electrons. The van der Waals surface area contributed by atoms with Gasteiger partial charge < -0.3 is 10.0 Å². The number of rotatable bonds is 5. The van der Waals surface area contributed by atoms with Crippen LogP contribution in [-0.2, 0) is 4.79 Å². The van der Waals surface area contributed by atoms with Crippen molar-refractivity contribution in [3.05, 3.63) is 23.9 Å². The molecular formula is C15H21N3O3. The van der Waals surface area contributed by atoms with Crippen LogP contribution in [-0.4, -0.2) is 39.9 Å². The minimum atomic E-state index is -1.10. The molecule has 0 saturated carbocycles. The van der Waals surface area contributed by atoms with Crippen LogP contribution in [0.1, 0.15) is 43.6 Å². The lowest BCUT2D eigenvalue weighted by Crippen LogP contribution is -2.46. The number of aromatic nitrogens is 2. The predicted octanol–water partition coefficient (Wildman–Crippen LogP) is 2.13. The minimum absolute atomic E-state index is 0.183. The zero-order valence-electron chi connectivity index (χ0n) is 12.7. The monoisotopic (exact) mass is 291 g/mol. The van der Waals surface area contributed by atoms with Crippen LogP contribution in [0.5, 0.6) is 0 Å². The summed E-state index contributed by atoms with van der Waals surface area (Å²) in [6.45, 7) is 10.6. The molecule has 1 aromatic heterocycles. The second-order valence-electron chi connectivity index (χ2n) is 5.88. The molecule has 114 valence electrons. The Balaban J connectivity index is 2.38. The highest BCUT2D eigenvalue weighted by Crippen LogP contribution is 2.28. The lowest BCUT2D eigenvalue weighted by molar-refractivity contribution is -0.140. The van der Waals surface area contributed by atoms with Gasteiger partial charge in [0.25, 0.3) is 5.91 Å². The Morgan fingerprint density at radius 2 is 2.24 bits per heavy atom. The molecule has 1 unspecified atom stereocenters. The third-order valence-corrected chi connectivity index (χ3v) is 3.64. The molecule has 0 saturated heterocycles. The lowest BCUT2D eigenvalue weighted by atomic mass is 10.1. The fourth-order valence-electron chi connectivity index (χ4n) is 2.31. The first-order valence-corrected chi connectivity index (χ1v) is 7.07. The molecule has 6 nitrogen and oxygen atoms in total. The molecule has 1 aliphatic heterocycles. The number of carboxylic acid groups (broad SMARTS) is 1. The third-order valence-electron chi connectivity index (χ3n) is 3.64. The van der Waals surface area contributed by atoms with E-state index in [1.807, 2.05) is 31.7 Å². The molecular weight excluding hydrogens is 270 g/mol. The number of fused-ring (bicyclic) bond motifs is 1. The maximum Gasteiger partial charge on any atom is 0.317 e. The van der Waals surface area contributed by atoms with Crippen LogP contribution in [0.3, 0.4) is 0 Å². The van der Waals surface area contributed by atoms with Gasteiger partial charge in [0.15, 0.2) is 5.92 Å². The molecule has 0 fully saturated rings. The quantitative estimate of drug-likeness (QED) is 0.664. The van der Waals surface area contributed by atoms with Crippen LogP contribution in [0.15, 0.2) is 18.2 Å². The molecule has 2 rings (SSSR count). The van der Waals surface area contributed by atoms with E-state index >= 15 is 0 Å². The van der Waals surface area contributed by atoms with Crippen molar-refractivity contribution in [3.8, 4) is 0 Å². The summed E-state index contributed by atoms with van der Waals surface area (Å²) in [5.41, 5.74) is 1.82. The van der Waals surface area contributed by atoms with Gasteiger partial charge in [-0.1, -0.05) is 19.4 Å². The van der Waals surface area contributed by atoms with Crippen molar-refractivity contribution in [2.45, 2.75) is 33.1 Å². The zero-order chi connectivity index (χ0) is 15.7. The number of nitrogens with zero attached hydrogens (tertiary/aromatic N) is 3. The van der Waals surface area contributed by atoms with E-state index in [1.54, 1.807) is 0 Å². The standard InChI is InChI=1S/C15H21N3O3/c1-9(2)5-6-17-8-11(15(20)21)14(19)18-13(17)7-12(16-18)10(3)4/h7,10-11H,1,5-6,8H2,2-4H3,(H,20,21). The maximum atomic E-state index is 12.3. The van der Waals surface area contributed by atoms with Crippen LogP contribution in [0.25, 0.3) is 0 Å². The molecule has 1 aromatic rings. The van der Waals surface area contributed by atoms with Crippen molar-refractivity contribution in [1.29, 1.82) is 0 Å². The first-order chi connectivity index (χ1) is 9.81. The summed E-state index contributed by atoms with van der Waals surface area (Å²) >= 11 is 0. The SMILES string of the molecule is C=C(C)CCN1CC(C(=O)O)C(=O)n2nc(C(C)C)cc21. The average Bonchev–Trinajstić information content (AvgIpc) is 2.83. The highest BCUT2D eigenvalue weighted by molar-refractivity contribution is 6.01. The number of carbonyl (C=O) groups is 2. The van der Waals surface area contributed by atoms with Crippen molar-refractivity contribution in [1.82, 2.24) is 9.78 Å². The molecule has 0 amide bonds. The van der Waals surface area contributed by atoms with Gasteiger partial charge in [-0.2, -0.15) is 9.78 Å². The Kier molecular flexibility index (Phi) is 4.16. The minimum Gasteiger partial charge on any atom is -0.481 e. The zero-order valence-corrected chi connectivity index (χ0v) is 12.7. The Hall–Kier alpha value is -2.11. The van der Waals surface area contributed by atoms with E-state index < -0.39 is 17.8 Å². The van der Waals surface area contributed by atoms with Gasteiger partial charge in [-0.25, -0.2) is 0 Å². The van der Waals surface area contributed by atoms with Crippen molar-refractivity contribution in [2.24, 2.45) is 5.92 Å². The van der Waals surface area contributed by atoms with Gasteiger partial charge in [0.2, 0.25) is 0 Å². The number of anilines is 1. The van der Waals surface area contributed by atoms with Gasteiger partial charge in [-0.05, 0) is 19.3 Å². The topological polar surface area (TPSA) is 75.4 Å². The van der Waals surface area contributed by atoms with Crippen LogP contribution in [0, 0.1) is 5.92 Å². The van der Waals surface area contributed by atoms with E-state index in [0.29, 0.717) is 12.4 Å². The lowest BCUT2D eigenvalue weighted by Gasteiger charge is -2.31. The largest absolute Gasteiger partial charge is 0.481 e. The fraction of sp³-hybridized carbons (Fsp3) is 0.533. The van der Waals surface area contributed by atoms with Crippen LogP contribution >= 0.6 is 0 Å². The first-order valence-electron chi connectivity index (χ1n) is 7.07. The van der Waals surface area contributed by atoms with Crippen molar-refractivity contribution < 1.29 is 14.7 Å². The van der Waals surface area contributed by atoms with Crippen LogP contribution in [0.4, 0.5) is 5.82 Å². The normalized spacial score (nSPS) is 18.0. The van der Waals surface area contributed by atoms with Crippen molar-refractivity contribution in [2.75, 3.05) is 18.0 Å². The predicted molar refractivity (Wildman–Crippen MR) is 79.7 cm³/mol. The molecule has 0 bridgehead atoms. The number of hydrogen-bond acceptors (Lipinski definition) is 4. The molecule has 2 heterocycles. The second kappa shape index (κ2) is 5.71. The van der Waals surface area contributed by atoms with E-state index in [2.05, 4.69) is 11.7 Å². The Morgan fingerprint density at radius 3 is 2.76 bits per heavy atom. The van der Waals surface area contributed by atoms with E-state index in [1.165, 1.54) is 4.68 Å². The number of aliphatic carboxylic acids is 1. The Bertz CT molecular complexity index is 589. The van der Waals surface area contributed by atoms with Gasteiger partial charge in [-0.15, -0.1) is 6.58 Å². The summed E-state index contributed by atoms with van der Waals surface area (Å²) in [5, 5.41) is 13.5. The van der Waals surface area contributed by atoms with E-state index in [9.17, 15) is 14.7 Å². The molecule has 21 heavy (non-hydrogen) atoms. The maximum absolute atomic E-state index is 12.3. The highest BCUT2D eigenvalue weighted by atomic mass is 16.4. The third kappa shape index (κ3) is 2.99. The summed E-state index contributed by atoms with van der Waals surface area (Å²) in [6, 6.07) is 1.87. The molecule has 0 aliphatic carbocycles. The smallest absolute Gasteiger partial charge is 0.317 e. The van der Waals surface area contributed by atoms with Crippen molar-refractivity contribution >= 4 is 17.7 Å². The van der Waals surface area contributed by atoms with Gasteiger partial charge in [0.1, 0.15) is 5.82 Å². The summed E-state index contributed by atoms with van der Waals surface area (Å²) in [5.74, 6) is -1.77. The second-order valence-corrected chi connectivity index (χ2v) is 5.88. The molecule has 1 atom stereocenters. The molecule has 6 heteroatoms. The van der Waals surface area contributed by atoms with E-state index in [-0.39, 0.29) is 12.5 Å². The van der Waals surface area contributed by atoms with Crippen molar-refractivity contribution in [3.63, 3.8) is 0 Å². The summed E-state index contributed by atoms with van der Waals surface area (Å²) in [6.07, 6.45) is 0.753. The number of carboxylic acids is 1. The van der Waals surface area contributed by atoms with E-state index in [0.717, 1.165) is 17.7 Å². The molecule has 1 N–H and O–H groups in total. The van der Waals surface area contributed by atoms with Gasteiger partial charge in [0.05, 0.1) is 5.69 Å². The summed E-state index contributed by atoms with van der Waals surface area (Å²) in [7, 11) is 0. The van der Waals surface area contributed by atoms with Gasteiger partial charge in [-0.3, -0.25) is 9.59 Å². The van der Waals surface area contributed by atoms with E-state index in [4.69, 9.17) is 0 Å². The van der Waals surface area contributed by atoms with Crippen LogP contribution < -0.4 is 4.90 Å². The van der Waals surface area contributed by atoms with Crippen LogP contribution in [0.2, 0.25) is 0 Å². The summed E-state index contributed by atoms with van der Waals surface area (Å²) in [4.78, 5) is 25.5. The first kappa shape index (κ1) is 15.3. The van der Waals surface area contributed by atoms with Gasteiger partial charge >= 0.3 is 5.97 Å². The summed E-state index contributed by atoms with van der Waals surface area (Å²) < 4.78 is 1.25. The molecule has 0 spiro atoms.